The average molecular weight is 320 g/mol. The standard InChI is InChI=1S/C17H12N4OS/c1-10-5-6-11-9-12(7-8-14(11)18-10)19-17(22)13-3-2-4-15-16(13)21-23-20-15/h2-9H,1H3,(H,19,22). The van der Waals surface area contributed by atoms with Crippen LogP contribution in [0.15, 0.2) is 48.5 Å². The Morgan fingerprint density at radius 1 is 1.04 bits per heavy atom. The zero-order chi connectivity index (χ0) is 15.8. The van der Waals surface area contributed by atoms with Crippen molar-refractivity contribution in [3.63, 3.8) is 0 Å². The fourth-order valence-corrected chi connectivity index (χ4v) is 3.04. The Balaban J connectivity index is 1.68. The van der Waals surface area contributed by atoms with Gasteiger partial charge in [0.15, 0.2) is 0 Å². The number of carbonyl (C=O) groups excluding carboxylic acids is 1. The lowest BCUT2D eigenvalue weighted by Crippen LogP contribution is -2.12. The second kappa shape index (κ2) is 5.40. The van der Waals surface area contributed by atoms with Crippen LogP contribution in [0.1, 0.15) is 16.1 Å². The molecule has 1 amide bonds. The first-order valence-electron chi connectivity index (χ1n) is 7.11. The number of carbonyl (C=O) groups is 1. The summed E-state index contributed by atoms with van der Waals surface area (Å²) >= 11 is 1.11. The van der Waals surface area contributed by atoms with Crippen molar-refractivity contribution >= 4 is 45.3 Å². The maximum Gasteiger partial charge on any atom is 0.257 e. The van der Waals surface area contributed by atoms with Gasteiger partial charge in [0, 0.05) is 16.8 Å². The van der Waals surface area contributed by atoms with Gasteiger partial charge < -0.3 is 5.32 Å². The van der Waals surface area contributed by atoms with Gasteiger partial charge in [0.05, 0.1) is 22.8 Å². The number of rotatable bonds is 2. The van der Waals surface area contributed by atoms with E-state index in [1.165, 1.54) is 0 Å². The molecule has 0 saturated heterocycles. The first-order valence-corrected chi connectivity index (χ1v) is 7.84. The quantitative estimate of drug-likeness (QED) is 0.610. The number of aryl methyl sites for hydroxylation is 1. The Labute approximate surface area is 136 Å². The Morgan fingerprint density at radius 2 is 1.96 bits per heavy atom. The maximum absolute atomic E-state index is 12.5. The van der Waals surface area contributed by atoms with Crippen molar-refractivity contribution in [3.05, 3.63) is 59.8 Å². The van der Waals surface area contributed by atoms with Gasteiger partial charge in [0.1, 0.15) is 11.0 Å². The summed E-state index contributed by atoms with van der Waals surface area (Å²) in [5.41, 5.74) is 4.51. The summed E-state index contributed by atoms with van der Waals surface area (Å²) in [4.78, 5) is 17.0. The van der Waals surface area contributed by atoms with E-state index in [0.717, 1.165) is 39.5 Å². The van der Waals surface area contributed by atoms with Crippen LogP contribution in [-0.4, -0.2) is 19.6 Å². The lowest BCUT2D eigenvalue weighted by Gasteiger charge is -2.07. The van der Waals surface area contributed by atoms with E-state index in [1.807, 2.05) is 49.4 Å². The lowest BCUT2D eigenvalue weighted by molar-refractivity contribution is 0.102. The Bertz CT molecular complexity index is 1040. The number of pyridine rings is 1. The Hall–Kier alpha value is -2.86. The molecule has 112 valence electrons. The van der Waals surface area contributed by atoms with E-state index in [-0.39, 0.29) is 5.91 Å². The van der Waals surface area contributed by atoms with Gasteiger partial charge in [0.25, 0.3) is 5.91 Å². The second-order valence-corrected chi connectivity index (χ2v) is 5.78. The zero-order valence-corrected chi connectivity index (χ0v) is 13.1. The summed E-state index contributed by atoms with van der Waals surface area (Å²) in [5.74, 6) is -0.192. The van der Waals surface area contributed by atoms with Crippen LogP contribution < -0.4 is 5.32 Å². The number of fused-ring (bicyclic) bond motifs is 2. The highest BCUT2D eigenvalue weighted by Crippen LogP contribution is 2.21. The van der Waals surface area contributed by atoms with Crippen molar-refractivity contribution < 1.29 is 4.79 Å². The summed E-state index contributed by atoms with van der Waals surface area (Å²) < 4.78 is 8.36. The third-order valence-corrected chi connectivity index (χ3v) is 4.16. The highest BCUT2D eigenvalue weighted by Gasteiger charge is 2.13. The smallest absolute Gasteiger partial charge is 0.257 e. The van der Waals surface area contributed by atoms with E-state index in [0.29, 0.717) is 11.1 Å². The number of nitrogens with zero attached hydrogens (tertiary/aromatic N) is 3. The minimum atomic E-state index is -0.192. The molecule has 6 heteroatoms. The summed E-state index contributed by atoms with van der Waals surface area (Å²) in [5, 5.41) is 3.90. The third kappa shape index (κ3) is 2.53. The molecule has 2 aromatic carbocycles. The number of benzene rings is 2. The molecule has 0 atom stereocenters. The molecular weight excluding hydrogens is 308 g/mol. The molecular formula is C17H12N4OS. The van der Waals surface area contributed by atoms with E-state index in [4.69, 9.17) is 0 Å². The second-order valence-electron chi connectivity index (χ2n) is 5.25. The number of amides is 1. The Morgan fingerprint density at radius 3 is 2.87 bits per heavy atom. The summed E-state index contributed by atoms with van der Waals surface area (Å²) in [7, 11) is 0. The minimum absolute atomic E-state index is 0.192. The van der Waals surface area contributed by atoms with Gasteiger partial charge in [-0.3, -0.25) is 9.78 Å². The molecule has 0 aliphatic rings. The molecule has 0 bridgehead atoms. The van der Waals surface area contributed by atoms with Gasteiger partial charge in [-0.2, -0.15) is 8.75 Å². The maximum atomic E-state index is 12.5. The van der Waals surface area contributed by atoms with Crippen LogP contribution in [0.3, 0.4) is 0 Å². The number of hydrogen-bond acceptors (Lipinski definition) is 5. The van der Waals surface area contributed by atoms with Crippen LogP contribution in [0, 0.1) is 6.92 Å². The number of anilines is 1. The van der Waals surface area contributed by atoms with E-state index >= 15 is 0 Å². The van der Waals surface area contributed by atoms with Crippen molar-refractivity contribution in [1.29, 1.82) is 0 Å². The van der Waals surface area contributed by atoms with Crippen molar-refractivity contribution in [1.82, 2.24) is 13.7 Å². The van der Waals surface area contributed by atoms with Gasteiger partial charge in [0.2, 0.25) is 0 Å². The van der Waals surface area contributed by atoms with Crippen LogP contribution in [0.4, 0.5) is 5.69 Å². The van der Waals surface area contributed by atoms with Crippen molar-refractivity contribution in [2.45, 2.75) is 6.92 Å². The first kappa shape index (κ1) is 13.8. The van der Waals surface area contributed by atoms with E-state index in [1.54, 1.807) is 6.07 Å². The summed E-state index contributed by atoms with van der Waals surface area (Å²) in [6.07, 6.45) is 0. The van der Waals surface area contributed by atoms with Crippen LogP contribution in [0.5, 0.6) is 0 Å². The molecule has 0 aliphatic carbocycles. The normalized spacial score (nSPS) is 11.0. The van der Waals surface area contributed by atoms with Gasteiger partial charge in [-0.25, -0.2) is 0 Å². The minimum Gasteiger partial charge on any atom is -0.322 e. The molecule has 0 unspecified atom stereocenters. The summed E-state index contributed by atoms with van der Waals surface area (Å²) in [6.45, 7) is 1.96. The molecule has 0 radical (unpaired) electrons. The molecule has 4 rings (SSSR count). The fraction of sp³-hybridized carbons (Fsp3) is 0.0588. The topological polar surface area (TPSA) is 67.8 Å². The molecule has 0 spiro atoms. The van der Waals surface area contributed by atoms with Gasteiger partial charge >= 0.3 is 0 Å². The lowest BCUT2D eigenvalue weighted by atomic mass is 10.1. The fourth-order valence-electron chi connectivity index (χ4n) is 2.49. The van der Waals surface area contributed by atoms with Crippen molar-refractivity contribution in [2.75, 3.05) is 5.32 Å². The zero-order valence-electron chi connectivity index (χ0n) is 12.3. The van der Waals surface area contributed by atoms with E-state index < -0.39 is 0 Å². The Kier molecular flexibility index (Phi) is 3.24. The largest absolute Gasteiger partial charge is 0.322 e. The average Bonchev–Trinajstić information content (AvgIpc) is 3.03. The van der Waals surface area contributed by atoms with Crippen molar-refractivity contribution in [3.8, 4) is 0 Å². The molecule has 0 aliphatic heterocycles. The monoisotopic (exact) mass is 320 g/mol. The van der Waals surface area contributed by atoms with Crippen molar-refractivity contribution in [2.24, 2.45) is 0 Å². The predicted octanol–water partition coefficient (Wildman–Crippen LogP) is 3.80. The molecule has 2 aromatic heterocycles. The van der Waals surface area contributed by atoms with Crippen LogP contribution in [0.25, 0.3) is 21.9 Å². The SMILES string of the molecule is Cc1ccc2cc(NC(=O)c3cccc4nsnc34)ccc2n1. The van der Waals surface area contributed by atoms with Gasteiger partial charge in [-0.05, 0) is 43.3 Å². The third-order valence-electron chi connectivity index (χ3n) is 3.62. The summed E-state index contributed by atoms with van der Waals surface area (Å²) in [6, 6.07) is 15.0. The van der Waals surface area contributed by atoms with E-state index in [9.17, 15) is 4.79 Å². The first-order chi connectivity index (χ1) is 11.2. The number of aromatic nitrogens is 3. The number of hydrogen-bond donors (Lipinski definition) is 1. The molecule has 23 heavy (non-hydrogen) atoms. The van der Waals surface area contributed by atoms with Gasteiger partial charge in [-0.15, -0.1) is 0 Å². The molecule has 0 fully saturated rings. The molecule has 5 nitrogen and oxygen atoms in total. The van der Waals surface area contributed by atoms with Crippen LogP contribution in [-0.2, 0) is 0 Å². The highest BCUT2D eigenvalue weighted by molar-refractivity contribution is 7.00. The number of nitrogens with one attached hydrogen (secondary N) is 1. The van der Waals surface area contributed by atoms with E-state index in [2.05, 4.69) is 19.0 Å². The molecule has 0 saturated carbocycles. The van der Waals surface area contributed by atoms with Crippen LogP contribution in [0.2, 0.25) is 0 Å². The van der Waals surface area contributed by atoms with Crippen LogP contribution >= 0.6 is 11.7 Å². The van der Waals surface area contributed by atoms with Gasteiger partial charge in [-0.1, -0.05) is 12.1 Å². The molecule has 2 heterocycles. The molecule has 4 aromatic rings. The molecule has 1 N–H and O–H groups in total. The predicted molar refractivity (Wildman–Crippen MR) is 91.8 cm³/mol. The highest BCUT2D eigenvalue weighted by atomic mass is 32.1.